The van der Waals surface area contributed by atoms with E-state index in [0.29, 0.717) is 37.4 Å². The Morgan fingerprint density at radius 1 is 1.20 bits per heavy atom. The Morgan fingerprint density at radius 2 is 1.84 bits per heavy atom. The molecule has 9 heteroatoms. The lowest BCUT2D eigenvalue weighted by atomic mass is 10.1. The van der Waals surface area contributed by atoms with Crippen molar-refractivity contribution in [3.05, 3.63) is 23.0 Å². The number of pyridine rings is 1. The van der Waals surface area contributed by atoms with Gasteiger partial charge in [-0.3, -0.25) is 9.48 Å². The maximum absolute atomic E-state index is 13.0. The molecular weight excluding hydrogens is 342 g/mol. The molecule has 1 aliphatic heterocycles. The molecule has 1 saturated heterocycles. The summed E-state index contributed by atoms with van der Waals surface area (Å²) in [5.41, 5.74) is 2.79. The molecule has 2 aromatic rings. The summed E-state index contributed by atoms with van der Waals surface area (Å²) in [5.74, 6) is -0.0138. The Bertz CT molecular complexity index is 927. The van der Waals surface area contributed by atoms with Crippen molar-refractivity contribution in [2.45, 2.75) is 20.8 Å². The number of carbonyl (C=O) groups is 1. The summed E-state index contributed by atoms with van der Waals surface area (Å²) in [7, 11) is -1.40. The van der Waals surface area contributed by atoms with E-state index in [2.05, 4.69) is 10.1 Å². The highest BCUT2D eigenvalue weighted by molar-refractivity contribution is 7.89. The van der Waals surface area contributed by atoms with Crippen LogP contribution in [0.3, 0.4) is 0 Å². The van der Waals surface area contributed by atoms with Gasteiger partial charge < -0.3 is 4.90 Å². The highest BCUT2D eigenvalue weighted by Crippen LogP contribution is 2.23. The van der Waals surface area contributed by atoms with Gasteiger partial charge in [0.1, 0.15) is 0 Å². The van der Waals surface area contributed by atoms with Crippen LogP contribution in [0.5, 0.6) is 0 Å². The monoisotopic (exact) mass is 365 g/mol. The third-order valence-electron chi connectivity index (χ3n) is 4.61. The molecular formula is C16H23N5O3S. The van der Waals surface area contributed by atoms with Crippen molar-refractivity contribution in [2.24, 2.45) is 7.05 Å². The molecule has 3 heterocycles. The molecule has 0 bridgehead atoms. The second-order valence-corrected chi connectivity index (χ2v) is 8.57. The van der Waals surface area contributed by atoms with Crippen LogP contribution in [0, 0.1) is 13.8 Å². The molecule has 0 radical (unpaired) electrons. The van der Waals surface area contributed by atoms with Gasteiger partial charge in [0.05, 0.1) is 22.4 Å². The molecule has 0 atom stereocenters. The third kappa shape index (κ3) is 3.13. The Morgan fingerprint density at radius 3 is 2.44 bits per heavy atom. The van der Waals surface area contributed by atoms with Gasteiger partial charge >= 0.3 is 0 Å². The number of nitrogens with zero attached hydrogens (tertiary/aromatic N) is 5. The van der Waals surface area contributed by atoms with Crippen LogP contribution in [-0.2, 0) is 17.1 Å². The minimum Gasteiger partial charge on any atom is -0.336 e. The predicted molar refractivity (Wildman–Crippen MR) is 94.9 cm³/mol. The Hall–Kier alpha value is -2.00. The van der Waals surface area contributed by atoms with Crippen LogP contribution in [0.15, 0.2) is 6.07 Å². The summed E-state index contributed by atoms with van der Waals surface area (Å²) in [6.07, 6.45) is 0. The van der Waals surface area contributed by atoms with Crippen LogP contribution in [0.25, 0.3) is 11.0 Å². The van der Waals surface area contributed by atoms with Crippen LogP contribution in [0.4, 0.5) is 0 Å². The maximum Gasteiger partial charge on any atom is 0.254 e. The van der Waals surface area contributed by atoms with E-state index in [-0.39, 0.29) is 11.7 Å². The first kappa shape index (κ1) is 17.8. The van der Waals surface area contributed by atoms with E-state index >= 15 is 0 Å². The Labute approximate surface area is 147 Å². The zero-order chi connectivity index (χ0) is 18.4. The predicted octanol–water partition coefficient (Wildman–Crippen LogP) is 0.693. The van der Waals surface area contributed by atoms with Crippen LogP contribution in [-0.4, -0.2) is 70.2 Å². The van der Waals surface area contributed by atoms with Gasteiger partial charge in [0, 0.05) is 38.9 Å². The number of aromatic nitrogens is 3. The summed E-state index contributed by atoms with van der Waals surface area (Å²) < 4.78 is 27.1. The normalized spacial score (nSPS) is 16.6. The molecule has 1 fully saturated rings. The molecule has 0 N–H and O–H groups in total. The number of hydrogen-bond donors (Lipinski definition) is 0. The van der Waals surface area contributed by atoms with Gasteiger partial charge in [-0.15, -0.1) is 0 Å². The molecule has 0 aromatic carbocycles. The van der Waals surface area contributed by atoms with Gasteiger partial charge in [-0.25, -0.2) is 13.4 Å². The Kier molecular flexibility index (Phi) is 4.54. The topological polar surface area (TPSA) is 88.4 Å². The fourth-order valence-electron chi connectivity index (χ4n) is 3.26. The molecule has 0 saturated carbocycles. The fourth-order valence-corrected chi connectivity index (χ4v) is 4.35. The molecule has 136 valence electrons. The van der Waals surface area contributed by atoms with Crippen molar-refractivity contribution in [2.75, 3.05) is 31.9 Å². The summed E-state index contributed by atoms with van der Waals surface area (Å²) in [4.78, 5) is 19.2. The summed E-state index contributed by atoms with van der Waals surface area (Å²) >= 11 is 0. The van der Waals surface area contributed by atoms with Crippen molar-refractivity contribution in [1.29, 1.82) is 0 Å². The lowest BCUT2D eigenvalue weighted by Crippen LogP contribution is -2.50. The van der Waals surface area contributed by atoms with Crippen molar-refractivity contribution in [1.82, 2.24) is 24.0 Å². The zero-order valence-electron chi connectivity index (χ0n) is 15.0. The number of carbonyl (C=O) groups excluding carboxylic acids is 1. The third-order valence-corrected chi connectivity index (χ3v) is 6.49. The molecule has 2 aromatic heterocycles. The van der Waals surface area contributed by atoms with E-state index in [1.807, 2.05) is 20.9 Å². The summed E-state index contributed by atoms with van der Waals surface area (Å²) in [5, 5.41) is 5.14. The van der Waals surface area contributed by atoms with Gasteiger partial charge in [0.15, 0.2) is 5.65 Å². The number of amides is 1. The molecule has 1 aliphatic rings. The largest absolute Gasteiger partial charge is 0.336 e. The second kappa shape index (κ2) is 6.38. The van der Waals surface area contributed by atoms with Crippen molar-refractivity contribution in [3.8, 4) is 0 Å². The van der Waals surface area contributed by atoms with Gasteiger partial charge in [-0.2, -0.15) is 9.40 Å². The Balaban J connectivity index is 1.89. The number of sulfonamides is 1. The van der Waals surface area contributed by atoms with Gasteiger partial charge in [-0.1, -0.05) is 0 Å². The van der Waals surface area contributed by atoms with Gasteiger partial charge in [-0.05, 0) is 26.8 Å². The molecule has 1 amide bonds. The first-order chi connectivity index (χ1) is 11.7. The van der Waals surface area contributed by atoms with E-state index < -0.39 is 10.0 Å². The standard InChI is InChI=1S/C16H23N5O3S/c1-5-25(23,24)21-8-6-20(7-9-21)16(22)13-10-11(2)17-15-14(13)12(3)18-19(15)4/h10H,5-9H2,1-4H3. The summed E-state index contributed by atoms with van der Waals surface area (Å²) in [6.45, 7) is 6.80. The second-order valence-electron chi connectivity index (χ2n) is 6.31. The van der Waals surface area contributed by atoms with Crippen LogP contribution < -0.4 is 0 Å². The highest BCUT2D eigenvalue weighted by Gasteiger charge is 2.29. The molecule has 25 heavy (non-hydrogen) atoms. The average molecular weight is 365 g/mol. The number of hydrogen-bond acceptors (Lipinski definition) is 5. The molecule has 3 rings (SSSR count). The van der Waals surface area contributed by atoms with E-state index in [1.54, 1.807) is 22.6 Å². The molecule has 0 unspecified atom stereocenters. The maximum atomic E-state index is 13.0. The van der Waals surface area contributed by atoms with Crippen molar-refractivity contribution < 1.29 is 13.2 Å². The zero-order valence-corrected chi connectivity index (χ0v) is 15.8. The van der Waals surface area contributed by atoms with Crippen LogP contribution >= 0.6 is 0 Å². The summed E-state index contributed by atoms with van der Waals surface area (Å²) in [6, 6.07) is 1.79. The van der Waals surface area contributed by atoms with E-state index in [1.165, 1.54) is 4.31 Å². The van der Waals surface area contributed by atoms with Gasteiger partial charge in [0.25, 0.3) is 5.91 Å². The first-order valence-corrected chi connectivity index (χ1v) is 9.93. The quantitative estimate of drug-likeness (QED) is 0.799. The SMILES string of the molecule is CCS(=O)(=O)N1CCN(C(=O)c2cc(C)nc3c2c(C)nn3C)CC1. The molecule has 0 spiro atoms. The van der Waals surface area contributed by atoms with Gasteiger partial charge in [0.2, 0.25) is 10.0 Å². The van der Waals surface area contributed by atoms with E-state index in [9.17, 15) is 13.2 Å². The minimum absolute atomic E-state index is 0.0833. The molecule has 0 aliphatic carbocycles. The number of fused-ring (bicyclic) bond motifs is 1. The lowest BCUT2D eigenvalue weighted by molar-refractivity contribution is 0.0699. The lowest BCUT2D eigenvalue weighted by Gasteiger charge is -2.34. The van der Waals surface area contributed by atoms with E-state index in [4.69, 9.17) is 0 Å². The highest BCUT2D eigenvalue weighted by atomic mass is 32.2. The number of rotatable bonds is 3. The molecule has 8 nitrogen and oxygen atoms in total. The number of aryl methyl sites for hydroxylation is 3. The van der Waals surface area contributed by atoms with Crippen LogP contribution in [0.1, 0.15) is 28.7 Å². The van der Waals surface area contributed by atoms with Crippen molar-refractivity contribution >= 4 is 27.0 Å². The number of piperazine rings is 1. The minimum atomic E-state index is -3.21. The first-order valence-electron chi connectivity index (χ1n) is 8.32. The van der Waals surface area contributed by atoms with Crippen molar-refractivity contribution in [3.63, 3.8) is 0 Å². The average Bonchev–Trinajstić information content (AvgIpc) is 2.87. The smallest absolute Gasteiger partial charge is 0.254 e. The van der Waals surface area contributed by atoms with E-state index in [0.717, 1.165) is 16.8 Å². The van der Waals surface area contributed by atoms with Crippen LogP contribution in [0.2, 0.25) is 0 Å². The fraction of sp³-hybridized carbons (Fsp3) is 0.562.